The first-order chi connectivity index (χ1) is 5.92. The zero-order valence-electron chi connectivity index (χ0n) is 6.36. The summed E-state index contributed by atoms with van der Waals surface area (Å²) in [7, 11) is 0. The van der Waals surface area contributed by atoms with E-state index in [-0.39, 0.29) is 0 Å². The zero-order valence-corrected chi connectivity index (χ0v) is 7.17. The molecule has 62 valence electrons. The molecule has 0 amide bonds. The fraction of sp³-hybridized carbons (Fsp3) is 0.125. The minimum atomic E-state index is 0.469. The van der Waals surface area contributed by atoms with Gasteiger partial charge < -0.3 is 10.3 Å². The number of nitrogens with two attached hydrogens (primary N) is 1. The van der Waals surface area contributed by atoms with E-state index in [0.717, 1.165) is 16.2 Å². The normalized spacial score (nSPS) is 10.4. The summed E-state index contributed by atoms with van der Waals surface area (Å²) in [6.45, 7) is 0.469. The van der Waals surface area contributed by atoms with Crippen LogP contribution in [0.15, 0.2) is 28.2 Å². The van der Waals surface area contributed by atoms with Crippen molar-refractivity contribution in [3.8, 4) is 10.6 Å². The number of nitrogens with zero attached hydrogens (tertiary/aromatic N) is 1. The van der Waals surface area contributed by atoms with Crippen LogP contribution in [-0.4, -0.2) is 5.16 Å². The Morgan fingerprint density at radius 3 is 3.17 bits per heavy atom. The van der Waals surface area contributed by atoms with Crippen LogP contribution < -0.4 is 5.73 Å². The van der Waals surface area contributed by atoms with Gasteiger partial charge in [0.05, 0.1) is 11.1 Å². The number of aromatic nitrogens is 1. The van der Waals surface area contributed by atoms with Gasteiger partial charge in [0.25, 0.3) is 0 Å². The second kappa shape index (κ2) is 3.08. The highest BCUT2D eigenvalue weighted by molar-refractivity contribution is 7.13. The van der Waals surface area contributed by atoms with Gasteiger partial charge in [-0.2, -0.15) is 0 Å². The van der Waals surface area contributed by atoms with Gasteiger partial charge in [-0.15, -0.1) is 11.3 Å². The first kappa shape index (κ1) is 7.52. The van der Waals surface area contributed by atoms with Crippen LogP contribution in [0.4, 0.5) is 0 Å². The third-order valence-corrected chi connectivity index (χ3v) is 2.48. The molecule has 0 aliphatic heterocycles. The summed E-state index contributed by atoms with van der Waals surface area (Å²) in [4.78, 5) is 1.08. The highest BCUT2D eigenvalue weighted by Gasteiger charge is 2.09. The Labute approximate surface area is 73.8 Å². The Kier molecular flexibility index (Phi) is 1.93. The second-order valence-corrected chi connectivity index (χ2v) is 3.31. The van der Waals surface area contributed by atoms with Crippen molar-refractivity contribution in [3.05, 3.63) is 29.3 Å². The van der Waals surface area contributed by atoms with Crippen molar-refractivity contribution in [1.82, 2.24) is 5.16 Å². The van der Waals surface area contributed by atoms with Gasteiger partial charge in [-0.3, -0.25) is 0 Å². The molecule has 0 spiro atoms. The molecule has 4 heteroatoms. The summed E-state index contributed by atoms with van der Waals surface area (Å²) >= 11 is 1.62. The summed E-state index contributed by atoms with van der Waals surface area (Å²) in [5, 5.41) is 5.70. The van der Waals surface area contributed by atoms with E-state index in [1.807, 2.05) is 17.5 Å². The Morgan fingerprint density at radius 1 is 1.58 bits per heavy atom. The molecule has 2 heterocycles. The smallest absolute Gasteiger partial charge is 0.181 e. The first-order valence-electron chi connectivity index (χ1n) is 3.59. The summed E-state index contributed by atoms with van der Waals surface area (Å²) < 4.78 is 5.08. The van der Waals surface area contributed by atoms with Crippen LogP contribution in [0, 0.1) is 0 Å². The van der Waals surface area contributed by atoms with E-state index in [2.05, 4.69) is 5.16 Å². The molecule has 0 fully saturated rings. The molecule has 0 aliphatic rings. The Hall–Kier alpha value is -1.13. The van der Waals surface area contributed by atoms with Gasteiger partial charge >= 0.3 is 0 Å². The maximum atomic E-state index is 5.51. The predicted molar refractivity (Wildman–Crippen MR) is 47.7 cm³/mol. The van der Waals surface area contributed by atoms with Gasteiger partial charge in [0, 0.05) is 12.1 Å². The summed E-state index contributed by atoms with van der Waals surface area (Å²) in [6.07, 6.45) is 1.66. The van der Waals surface area contributed by atoms with Gasteiger partial charge in [0.1, 0.15) is 0 Å². The van der Waals surface area contributed by atoms with Gasteiger partial charge in [0.2, 0.25) is 0 Å². The second-order valence-electron chi connectivity index (χ2n) is 2.36. The fourth-order valence-electron chi connectivity index (χ4n) is 1.02. The fourth-order valence-corrected chi connectivity index (χ4v) is 1.75. The number of hydrogen-bond acceptors (Lipinski definition) is 4. The van der Waals surface area contributed by atoms with E-state index >= 15 is 0 Å². The molecular formula is C8H8N2OS. The Bertz CT molecular complexity index is 353. The predicted octanol–water partition coefficient (Wildman–Crippen LogP) is 1.86. The van der Waals surface area contributed by atoms with Crippen molar-refractivity contribution in [2.45, 2.75) is 6.54 Å². The number of rotatable bonds is 2. The van der Waals surface area contributed by atoms with Gasteiger partial charge in [-0.25, -0.2) is 0 Å². The summed E-state index contributed by atoms with van der Waals surface area (Å²) in [6, 6.07) is 3.97. The zero-order chi connectivity index (χ0) is 8.39. The molecule has 0 unspecified atom stereocenters. The van der Waals surface area contributed by atoms with Crippen molar-refractivity contribution in [3.63, 3.8) is 0 Å². The molecule has 2 aromatic rings. The monoisotopic (exact) mass is 180 g/mol. The molecule has 12 heavy (non-hydrogen) atoms. The number of thiophene rings is 1. The lowest BCUT2D eigenvalue weighted by molar-refractivity contribution is 0.432. The van der Waals surface area contributed by atoms with Gasteiger partial charge in [-0.05, 0) is 11.4 Å². The van der Waals surface area contributed by atoms with E-state index < -0.39 is 0 Å². The Balaban J connectivity index is 2.46. The molecule has 3 nitrogen and oxygen atoms in total. The average Bonchev–Trinajstić information content (AvgIpc) is 2.74. The number of hydrogen-bond donors (Lipinski definition) is 1. The maximum Gasteiger partial charge on any atom is 0.181 e. The quantitative estimate of drug-likeness (QED) is 0.767. The van der Waals surface area contributed by atoms with Crippen molar-refractivity contribution < 1.29 is 4.52 Å². The van der Waals surface area contributed by atoms with E-state index in [1.54, 1.807) is 17.5 Å². The van der Waals surface area contributed by atoms with Crippen LogP contribution in [0.5, 0.6) is 0 Å². The van der Waals surface area contributed by atoms with E-state index in [9.17, 15) is 0 Å². The minimum absolute atomic E-state index is 0.469. The summed E-state index contributed by atoms with van der Waals surface area (Å²) in [5.41, 5.74) is 6.46. The average molecular weight is 180 g/mol. The molecule has 0 radical (unpaired) electrons. The molecule has 0 saturated carbocycles. The molecule has 0 atom stereocenters. The van der Waals surface area contributed by atoms with E-state index in [0.29, 0.717) is 6.54 Å². The maximum absolute atomic E-state index is 5.51. The molecule has 0 saturated heterocycles. The van der Waals surface area contributed by atoms with Gasteiger partial charge in [0.15, 0.2) is 5.76 Å². The van der Waals surface area contributed by atoms with Crippen LogP contribution in [0.3, 0.4) is 0 Å². The lowest BCUT2D eigenvalue weighted by atomic mass is 10.2. The van der Waals surface area contributed by atoms with E-state index in [1.165, 1.54) is 0 Å². The third kappa shape index (κ3) is 1.15. The van der Waals surface area contributed by atoms with Crippen LogP contribution in [-0.2, 0) is 6.54 Å². The Morgan fingerprint density at radius 2 is 2.50 bits per heavy atom. The molecule has 0 bridgehead atoms. The first-order valence-corrected chi connectivity index (χ1v) is 4.47. The van der Waals surface area contributed by atoms with Crippen LogP contribution in [0.2, 0.25) is 0 Å². The van der Waals surface area contributed by atoms with Crippen molar-refractivity contribution >= 4 is 11.3 Å². The standard InChI is InChI=1S/C8H8N2OS/c9-4-6-5-10-11-8(6)7-2-1-3-12-7/h1-3,5H,4,9H2. The molecule has 0 aromatic carbocycles. The third-order valence-electron chi connectivity index (χ3n) is 1.61. The highest BCUT2D eigenvalue weighted by Crippen LogP contribution is 2.27. The minimum Gasteiger partial charge on any atom is -0.355 e. The molecule has 0 aliphatic carbocycles. The molecule has 2 rings (SSSR count). The SMILES string of the molecule is NCc1cnoc1-c1cccs1. The van der Waals surface area contributed by atoms with Crippen LogP contribution >= 0.6 is 11.3 Å². The lowest BCUT2D eigenvalue weighted by Gasteiger charge is -1.91. The topological polar surface area (TPSA) is 52.0 Å². The van der Waals surface area contributed by atoms with Gasteiger partial charge in [-0.1, -0.05) is 11.2 Å². The van der Waals surface area contributed by atoms with Crippen LogP contribution in [0.1, 0.15) is 5.56 Å². The van der Waals surface area contributed by atoms with Crippen molar-refractivity contribution in [1.29, 1.82) is 0 Å². The van der Waals surface area contributed by atoms with Crippen LogP contribution in [0.25, 0.3) is 10.6 Å². The molecule has 2 aromatic heterocycles. The molecule has 2 N–H and O–H groups in total. The summed E-state index contributed by atoms with van der Waals surface area (Å²) in [5.74, 6) is 0.799. The molecular weight excluding hydrogens is 172 g/mol. The van der Waals surface area contributed by atoms with E-state index in [4.69, 9.17) is 10.3 Å². The largest absolute Gasteiger partial charge is 0.355 e. The lowest BCUT2D eigenvalue weighted by Crippen LogP contribution is -1.95. The highest BCUT2D eigenvalue weighted by atomic mass is 32.1. The van der Waals surface area contributed by atoms with Crippen molar-refractivity contribution in [2.24, 2.45) is 5.73 Å². The van der Waals surface area contributed by atoms with Crippen molar-refractivity contribution in [2.75, 3.05) is 0 Å².